The fourth-order valence-corrected chi connectivity index (χ4v) is 3.64. The minimum absolute atomic E-state index is 0.392. The Balaban J connectivity index is 1.67. The zero-order valence-corrected chi connectivity index (χ0v) is 10.2. The van der Waals surface area contributed by atoms with Gasteiger partial charge in [-0.05, 0) is 32.2 Å². The summed E-state index contributed by atoms with van der Waals surface area (Å²) in [5.41, 5.74) is -0.392. The maximum Gasteiger partial charge on any atom is 0.0682 e. The topological polar surface area (TPSA) is 32.7 Å². The molecule has 1 N–H and O–H groups in total. The number of ether oxygens (including phenoxy) is 1. The molecule has 0 aromatic heterocycles. The number of morpholine rings is 1. The van der Waals surface area contributed by atoms with Crippen molar-refractivity contribution in [2.75, 3.05) is 20.3 Å². The van der Waals surface area contributed by atoms with Crippen molar-refractivity contribution < 1.29 is 9.84 Å². The van der Waals surface area contributed by atoms with Crippen molar-refractivity contribution in [1.82, 2.24) is 4.90 Å². The molecule has 3 rings (SSSR count). The largest absolute Gasteiger partial charge is 0.390 e. The van der Waals surface area contributed by atoms with Gasteiger partial charge in [-0.25, -0.2) is 0 Å². The van der Waals surface area contributed by atoms with E-state index in [4.69, 9.17) is 4.74 Å². The molecule has 2 aliphatic heterocycles. The van der Waals surface area contributed by atoms with E-state index < -0.39 is 5.60 Å². The fraction of sp³-hybridized carbons (Fsp3) is 1.00. The highest BCUT2D eigenvalue weighted by molar-refractivity contribution is 4.99. The standard InChI is InChI=1S/C13H23NO2/c1-14-11-6-13(15,5-10-3-2-4-10)7-12(14)9-16-8-11/h10-12,15H,2-9H2,1H3. The Morgan fingerprint density at radius 2 is 1.88 bits per heavy atom. The van der Waals surface area contributed by atoms with Crippen LogP contribution < -0.4 is 0 Å². The van der Waals surface area contributed by atoms with Crippen molar-refractivity contribution in [2.24, 2.45) is 5.92 Å². The number of piperidine rings is 1. The van der Waals surface area contributed by atoms with Crippen molar-refractivity contribution in [1.29, 1.82) is 0 Å². The molecule has 0 amide bonds. The van der Waals surface area contributed by atoms with Gasteiger partial charge in [-0.1, -0.05) is 19.3 Å². The third-order valence-electron chi connectivity index (χ3n) is 4.90. The normalized spacial score (nSPS) is 45.4. The van der Waals surface area contributed by atoms with Crippen molar-refractivity contribution in [2.45, 2.75) is 56.2 Å². The average molecular weight is 225 g/mol. The Bertz CT molecular complexity index is 251. The van der Waals surface area contributed by atoms with Crippen LogP contribution >= 0.6 is 0 Å². The van der Waals surface area contributed by atoms with E-state index >= 15 is 0 Å². The molecule has 3 aliphatic rings. The third-order valence-corrected chi connectivity index (χ3v) is 4.90. The van der Waals surface area contributed by atoms with Gasteiger partial charge in [-0.15, -0.1) is 0 Å². The van der Waals surface area contributed by atoms with E-state index in [1.54, 1.807) is 0 Å². The van der Waals surface area contributed by atoms with E-state index in [2.05, 4.69) is 11.9 Å². The summed E-state index contributed by atoms with van der Waals surface area (Å²) in [6, 6.07) is 0.884. The summed E-state index contributed by atoms with van der Waals surface area (Å²) in [4.78, 5) is 2.42. The van der Waals surface area contributed by atoms with Crippen LogP contribution in [0.5, 0.6) is 0 Å². The van der Waals surface area contributed by atoms with E-state index in [9.17, 15) is 5.11 Å². The van der Waals surface area contributed by atoms with Gasteiger partial charge in [0.2, 0.25) is 0 Å². The van der Waals surface area contributed by atoms with Crippen LogP contribution in [0.4, 0.5) is 0 Å². The predicted octanol–water partition coefficient (Wildman–Crippen LogP) is 1.40. The number of nitrogens with zero attached hydrogens (tertiary/aromatic N) is 1. The minimum Gasteiger partial charge on any atom is -0.390 e. The van der Waals surface area contributed by atoms with E-state index in [0.29, 0.717) is 12.1 Å². The molecule has 92 valence electrons. The second-order valence-electron chi connectivity index (χ2n) is 6.14. The maximum absolute atomic E-state index is 10.7. The average Bonchev–Trinajstić information content (AvgIpc) is 2.15. The van der Waals surface area contributed by atoms with Crippen LogP contribution in [-0.4, -0.2) is 48.0 Å². The predicted molar refractivity (Wildman–Crippen MR) is 62.3 cm³/mol. The van der Waals surface area contributed by atoms with Crippen molar-refractivity contribution in [3.8, 4) is 0 Å². The molecule has 3 fully saturated rings. The first-order valence-corrected chi connectivity index (χ1v) is 6.68. The van der Waals surface area contributed by atoms with Crippen LogP contribution in [0.2, 0.25) is 0 Å². The number of aliphatic hydroxyl groups is 1. The quantitative estimate of drug-likeness (QED) is 0.771. The van der Waals surface area contributed by atoms with E-state index in [1.165, 1.54) is 19.3 Å². The van der Waals surface area contributed by atoms with E-state index in [1.807, 2.05) is 0 Å². The number of rotatable bonds is 2. The SMILES string of the molecule is CN1C2COCC1CC(O)(CC1CCC1)C2. The number of likely N-dealkylation sites (N-methyl/N-ethyl adjacent to an activating group) is 1. The Hall–Kier alpha value is -0.120. The van der Waals surface area contributed by atoms with Crippen LogP contribution in [0, 0.1) is 5.92 Å². The van der Waals surface area contributed by atoms with Gasteiger partial charge >= 0.3 is 0 Å². The molecule has 2 heterocycles. The van der Waals surface area contributed by atoms with Crippen LogP contribution in [0.15, 0.2) is 0 Å². The number of hydrogen-bond donors (Lipinski definition) is 1. The van der Waals surface area contributed by atoms with E-state index in [0.717, 1.165) is 38.4 Å². The molecular weight excluding hydrogens is 202 g/mol. The van der Waals surface area contributed by atoms with Crippen LogP contribution in [0.1, 0.15) is 38.5 Å². The second kappa shape index (κ2) is 3.97. The van der Waals surface area contributed by atoms with Crippen molar-refractivity contribution in [3.63, 3.8) is 0 Å². The lowest BCUT2D eigenvalue weighted by Crippen LogP contribution is -2.60. The monoisotopic (exact) mass is 225 g/mol. The first-order valence-electron chi connectivity index (χ1n) is 6.68. The van der Waals surface area contributed by atoms with Crippen molar-refractivity contribution >= 4 is 0 Å². The smallest absolute Gasteiger partial charge is 0.0682 e. The summed E-state index contributed by atoms with van der Waals surface area (Å²) < 4.78 is 5.59. The van der Waals surface area contributed by atoms with Gasteiger partial charge in [0, 0.05) is 12.1 Å². The molecule has 3 heteroatoms. The summed E-state index contributed by atoms with van der Waals surface area (Å²) in [6.45, 7) is 1.61. The lowest BCUT2D eigenvalue weighted by atomic mass is 9.71. The molecule has 1 saturated carbocycles. The first kappa shape index (κ1) is 11.0. The molecule has 0 radical (unpaired) electrons. The molecule has 0 spiro atoms. The molecule has 0 aromatic carbocycles. The lowest BCUT2D eigenvalue weighted by Gasteiger charge is -2.51. The van der Waals surface area contributed by atoms with Gasteiger partial charge < -0.3 is 9.84 Å². The summed E-state index contributed by atoms with van der Waals surface area (Å²) >= 11 is 0. The van der Waals surface area contributed by atoms with Crippen LogP contribution in [0.3, 0.4) is 0 Å². The Morgan fingerprint density at radius 1 is 1.25 bits per heavy atom. The van der Waals surface area contributed by atoms with Gasteiger partial charge in [-0.2, -0.15) is 0 Å². The summed E-state index contributed by atoms with van der Waals surface area (Å²) in [5, 5.41) is 10.7. The van der Waals surface area contributed by atoms with Crippen molar-refractivity contribution in [3.05, 3.63) is 0 Å². The molecule has 16 heavy (non-hydrogen) atoms. The molecule has 2 bridgehead atoms. The summed E-state index contributed by atoms with van der Waals surface area (Å²) in [6.07, 6.45) is 6.91. The first-order chi connectivity index (χ1) is 7.66. The Morgan fingerprint density at radius 3 is 2.38 bits per heavy atom. The highest BCUT2D eigenvalue weighted by Gasteiger charge is 2.45. The second-order valence-corrected chi connectivity index (χ2v) is 6.14. The van der Waals surface area contributed by atoms with E-state index in [-0.39, 0.29) is 0 Å². The zero-order chi connectivity index (χ0) is 11.2. The van der Waals surface area contributed by atoms with Gasteiger partial charge in [0.25, 0.3) is 0 Å². The molecule has 2 unspecified atom stereocenters. The highest BCUT2D eigenvalue weighted by atomic mass is 16.5. The third kappa shape index (κ3) is 1.89. The molecule has 0 aromatic rings. The van der Waals surface area contributed by atoms with Gasteiger partial charge in [0.05, 0.1) is 18.8 Å². The minimum atomic E-state index is -0.392. The number of hydrogen-bond acceptors (Lipinski definition) is 3. The lowest BCUT2D eigenvalue weighted by molar-refractivity contribution is -0.143. The zero-order valence-electron chi connectivity index (χ0n) is 10.2. The van der Waals surface area contributed by atoms with Gasteiger partial charge in [-0.3, -0.25) is 4.90 Å². The summed E-state index contributed by atoms with van der Waals surface area (Å²) in [7, 11) is 2.18. The van der Waals surface area contributed by atoms with Gasteiger partial charge in [0.1, 0.15) is 0 Å². The summed E-state index contributed by atoms with van der Waals surface area (Å²) in [5.74, 6) is 0.801. The molecular formula is C13H23NO2. The maximum atomic E-state index is 10.7. The number of fused-ring (bicyclic) bond motifs is 2. The van der Waals surface area contributed by atoms with Crippen LogP contribution in [-0.2, 0) is 4.74 Å². The molecule has 1 aliphatic carbocycles. The van der Waals surface area contributed by atoms with Gasteiger partial charge in [0.15, 0.2) is 0 Å². The molecule has 2 atom stereocenters. The molecule has 2 saturated heterocycles. The Labute approximate surface area is 97.8 Å². The fourth-order valence-electron chi connectivity index (χ4n) is 3.64. The van der Waals surface area contributed by atoms with Crippen LogP contribution in [0.25, 0.3) is 0 Å². The highest BCUT2D eigenvalue weighted by Crippen LogP contribution is 2.41. The molecule has 3 nitrogen and oxygen atoms in total. The Kier molecular flexibility index (Phi) is 2.73.